The molecule has 0 atom stereocenters. The molecule has 0 unspecified atom stereocenters. The Balaban J connectivity index is 1.14. The second kappa shape index (κ2) is 14.0. The minimum atomic E-state index is -4.47. The number of allylic oxidation sites excluding steroid dienone is 1. The highest BCUT2D eigenvalue weighted by Crippen LogP contribution is 2.34. The highest BCUT2D eigenvalue weighted by atomic mass is 19.4. The van der Waals surface area contributed by atoms with Crippen LogP contribution in [0.25, 0.3) is 11.0 Å². The first-order valence-electron chi connectivity index (χ1n) is 16.5. The number of aryl methyl sites for hydroxylation is 1. The molecule has 6 rings (SSSR count). The number of amides is 1. The van der Waals surface area contributed by atoms with Gasteiger partial charge in [-0.3, -0.25) is 9.69 Å². The molecule has 2 fully saturated rings. The third kappa shape index (κ3) is 8.28. The van der Waals surface area contributed by atoms with E-state index in [-0.39, 0.29) is 5.91 Å². The fourth-order valence-corrected chi connectivity index (χ4v) is 6.74. The van der Waals surface area contributed by atoms with E-state index >= 15 is 0 Å². The van der Waals surface area contributed by atoms with Crippen LogP contribution in [0.4, 0.5) is 24.8 Å². The number of alkyl halides is 3. The summed E-state index contributed by atoms with van der Waals surface area (Å²) in [7, 11) is 3.69. The van der Waals surface area contributed by atoms with Crippen LogP contribution >= 0.6 is 0 Å². The maximum Gasteiger partial charge on any atom is 0.416 e. The van der Waals surface area contributed by atoms with E-state index in [2.05, 4.69) is 20.4 Å². The first-order valence-corrected chi connectivity index (χ1v) is 16.5. The molecule has 252 valence electrons. The normalized spacial score (nSPS) is 18.4. The summed E-state index contributed by atoms with van der Waals surface area (Å²) in [6.07, 6.45) is 5.87. The summed E-state index contributed by atoms with van der Waals surface area (Å²) in [5, 5.41) is 5.94. The SMILES string of the molecule is CC(=O)NC1=CC(Oc2ccc3c(c2)nc(Nc2cc(CN4CCN(CCC5CCCC5)CC4)cc(C(F)(F)F)c2)n3C)=CCN1C. The number of likely N-dealkylation sites (N-methyl/N-ethyl adjacent to an activating group) is 1. The molecule has 3 aliphatic rings. The number of nitrogens with one attached hydrogen (secondary N) is 2. The van der Waals surface area contributed by atoms with Crippen LogP contribution < -0.4 is 15.4 Å². The average Bonchev–Trinajstić information content (AvgIpc) is 3.65. The number of rotatable bonds is 10. The fraction of sp³-hybridized carbons (Fsp3) is 0.486. The monoisotopic (exact) mass is 651 g/mol. The summed E-state index contributed by atoms with van der Waals surface area (Å²) in [5.74, 6) is 2.89. The van der Waals surface area contributed by atoms with Gasteiger partial charge in [-0.15, -0.1) is 0 Å². The molecule has 12 heteroatoms. The number of aromatic nitrogens is 2. The molecule has 2 N–H and O–H groups in total. The van der Waals surface area contributed by atoms with Gasteiger partial charge < -0.3 is 29.7 Å². The molecule has 1 amide bonds. The number of carbonyl (C=O) groups excluding carboxylic acids is 1. The number of fused-ring (bicyclic) bond motifs is 1. The molecule has 47 heavy (non-hydrogen) atoms. The van der Waals surface area contributed by atoms with Crippen molar-refractivity contribution in [2.45, 2.75) is 51.7 Å². The van der Waals surface area contributed by atoms with Crippen LogP contribution in [0.2, 0.25) is 0 Å². The maximum atomic E-state index is 14.0. The smallest absolute Gasteiger partial charge is 0.416 e. The topological polar surface area (TPSA) is 77.9 Å². The molecule has 2 aliphatic heterocycles. The van der Waals surface area contributed by atoms with Gasteiger partial charge in [-0.05, 0) is 60.9 Å². The van der Waals surface area contributed by atoms with E-state index in [1.165, 1.54) is 45.1 Å². The molecule has 3 heterocycles. The maximum absolute atomic E-state index is 14.0. The minimum Gasteiger partial charge on any atom is -0.457 e. The Morgan fingerprint density at radius 3 is 2.49 bits per heavy atom. The number of carbonyl (C=O) groups is 1. The van der Waals surface area contributed by atoms with E-state index in [1.54, 1.807) is 18.2 Å². The molecule has 9 nitrogen and oxygen atoms in total. The van der Waals surface area contributed by atoms with Gasteiger partial charge in [0.1, 0.15) is 17.3 Å². The number of nitrogens with zero attached hydrogens (tertiary/aromatic N) is 5. The Labute approximate surface area is 274 Å². The Morgan fingerprint density at radius 2 is 1.77 bits per heavy atom. The first kappa shape index (κ1) is 32.9. The molecule has 0 spiro atoms. The van der Waals surface area contributed by atoms with Gasteiger partial charge in [0, 0.05) is 78.1 Å². The number of hydrogen-bond acceptors (Lipinski definition) is 7. The number of anilines is 2. The summed E-state index contributed by atoms with van der Waals surface area (Å²) in [4.78, 5) is 22.9. The minimum absolute atomic E-state index is 0.171. The number of ether oxygens (including phenoxy) is 1. The number of piperazine rings is 1. The number of benzene rings is 2. The number of imidazole rings is 1. The molecular formula is C35H44F3N7O2. The summed E-state index contributed by atoms with van der Waals surface area (Å²) in [6.45, 7) is 7.18. The van der Waals surface area contributed by atoms with Gasteiger partial charge in [-0.2, -0.15) is 13.2 Å². The van der Waals surface area contributed by atoms with Gasteiger partial charge >= 0.3 is 6.18 Å². The zero-order valence-corrected chi connectivity index (χ0v) is 27.4. The molecule has 3 aromatic rings. The lowest BCUT2D eigenvalue weighted by Gasteiger charge is -2.35. The van der Waals surface area contributed by atoms with Crippen molar-refractivity contribution in [3.8, 4) is 5.75 Å². The molecule has 2 aromatic carbocycles. The quantitative estimate of drug-likeness (QED) is 0.270. The van der Waals surface area contributed by atoms with Crippen molar-refractivity contribution < 1.29 is 22.7 Å². The molecular weight excluding hydrogens is 607 g/mol. The molecule has 1 saturated carbocycles. The van der Waals surface area contributed by atoms with Gasteiger partial charge in [0.15, 0.2) is 0 Å². The molecule has 0 radical (unpaired) electrons. The van der Waals surface area contributed by atoms with Crippen molar-refractivity contribution in [2.75, 3.05) is 51.6 Å². The predicted molar refractivity (Wildman–Crippen MR) is 177 cm³/mol. The Morgan fingerprint density at radius 1 is 1.02 bits per heavy atom. The van der Waals surface area contributed by atoms with Crippen molar-refractivity contribution in [1.29, 1.82) is 0 Å². The van der Waals surface area contributed by atoms with Crippen molar-refractivity contribution in [3.05, 3.63) is 71.3 Å². The summed E-state index contributed by atoms with van der Waals surface area (Å²) in [6, 6.07) is 9.67. The zero-order valence-electron chi connectivity index (χ0n) is 27.4. The van der Waals surface area contributed by atoms with Crippen LogP contribution in [0.3, 0.4) is 0 Å². The highest BCUT2D eigenvalue weighted by Gasteiger charge is 2.32. The van der Waals surface area contributed by atoms with E-state index in [0.717, 1.165) is 50.2 Å². The second-order valence-electron chi connectivity index (χ2n) is 13.0. The largest absolute Gasteiger partial charge is 0.457 e. The first-order chi connectivity index (χ1) is 22.5. The van der Waals surface area contributed by atoms with E-state index in [0.29, 0.717) is 53.1 Å². The Hall–Kier alpha value is -4.03. The van der Waals surface area contributed by atoms with Crippen molar-refractivity contribution in [1.82, 2.24) is 29.6 Å². The molecule has 1 aliphatic carbocycles. The fourth-order valence-electron chi connectivity index (χ4n) is 6.74. The summed E-state index contributed by atoms with van der Waals surface area (Å²) >= 11 is 0. The van der Waals surface area contributed by atoms with E-state index in [1.807, 2.05) is 41.8 Å². The second-order valence-corrected chi connectivity index (χ2v) is 13.0. The van der Waals surface area contributed by atoms with E-state index in [4.69, 9.17) is 9.72 Å². The van der Waals surface area contributed by atoms with Gasteiger partial charge in [0.2, 0.25) is 11.9 Å². The Bertz CT molecular complexity index is 1650. The summed E-state index contributed by atoms with van der Waals surface area (Å²) < 4.78 is 49.9. The van der Waals surface area contributed by atoms with Gasteiger partial charge in [-0.25, -0.2) is 4.98 Å². The van der Waals surface area contributed by atoms with E-state index < -0.39 is 11.7 Å². The van der Waals surface area contributed by atoms with Gasteiger partial charge in [-0.1, -0.05) is 25.7 Å². The van der Waals surface area contributed by atoms with Gasteiger partial charge in [0.05, 0.1) is 16.6 Å². The zero-order chi connectivity index (χ0) is 33.1. The lowest BCUT2D eigenvalue weighted by molar-refractivity contribution is -0.137. The lowest BCUT2D eigenvalue weighted by Crippen LogP contribution is -2.46. The number of halogens is 3. The number of hydrogen-bond donors (Lipinski definition) is 2. The standard InChI is InChI=1S/C35H44F3N7O2/c1-24(46)39-33-22-30(11-12-42(33)2)47-29-8-9-32-31(21-29)41-34(43(32)3)40-28-19-26(18-27(20-28)35(36,37)38)23-45-16-14-44(15-17-45)13-10-25-6-4-5-7-25/h8-9,11,18-22,25H,4-7,10,12-17,23H2,1-3H3,(H,39,46)(H,40,41). The van der Waals surface area contributed by atoms with Crippen LogP contribution in [-0.4, -0.2) is 76.5 Å². The van der Waals surface area contributed by atoms with Crippen LogP contribution in [0.15, 0.2) is 60.1 Å². The van der Waals surface area contributed by atoms with Crippen LogP contribution in [0.5, 0.6) is 5.75 Å². The Kier molecular flexibility index (Phi) is 9.79. The average molecular weight is 652 g/mol. The third-order valence-corrected chi connectivity index (χ3v) is 9.42. The highest BCUT2D eigenvalue weighted by molar-refractivity contribution is 5.81. The lowest BCUT2D eigenvalue weighted by atomic mass is 10.0. The molecule has 1 saturated heterocycles. The van der Waals surface area contributed by atoms with Crippen molar-refractivity contribution in [2.24, 2.45) is 13.0 Å². The van der Waals surface area contributed by atoms with E-state index in [9.17, 15) is 18.0 Å². The van der Waals surface area contributed by atoms with Crippen molar-refractivity contribution in [3.63, 3.8) is 0 Å². The van der Waals surface area contributed by atoms with Gasteiger partial charge in [0.25, 0.3) is 0 Å². The molecule has 1 aromatic heterocycles. The van der Waals surface area contributed by atoms with Crippen molar-refractivity contribution >= 4 is 28.6 Å². The van der Waals surface area contributed by atoms with Crippen LogP contribution in [0.1, 0.15) is 50.2 Å². The predicted octanol–water partition coefficient (Wildman–Crippen LogP) is 6.22. The third-order valence-electron chi connectivity index (χ3n) is 9.42. The van der Waals surface area contributed by atoms with Crippen LogP contribution in [0, 0.1) is 5.92 Å². The summed E-state index contributed by atoms with van der Waals surface area (Å²) in [5.41, 5.74) is 1.70. The molecule has 0 bridgehead atoms. The van der Waals surface area contributed by atoms with Crippen LogP contribution in [-0.2, 0) is 24.6 Å².